The fourth-order valence-corrected chi connectivity index (χ4v) is 2.74. The largest absolute Gasteiger partial charge is 0.374 e. The Bertz CT molecular complexity index is 370. The molecular formula is C19H30O2. The Kier molecular flexibility index (Phi) is 7.25. The number of unbranched alkanes of at least 4 members (excludes halogenated alkanes) is 6. The van der Waals surface area contributed by atoms with Crippen LogP contribution in [0.4, 0.5) is 0 Å². The van der Waals surface area contributed by atoms with E-state index in [9.17, 15) is 0 Å². The lowest BCUT2D eigenvalue weighted by Crippen LogP contribution is -2.19. The molecule has 1 fully saturated rings. The normalized spacial score (nSPS) is 20.6. The number of rotatable bonds is 12. The zero-order valence-electron chi connectivity index (χ0n) is 13.5. The van der Waals surface area contributed by atoms with Crippen molar-refractivity contribution in [3.05, 3.63) is 35.9 Å². The highest BCUT2D eigenvalue weighted by Crippen LogP contribution is 2.33. The molecule has 0 bridgehead atoms. The molecule has 1 heterocycles. The van der Waals surface area contributed by atoms with Crippen LogP contribution in [0.5, 0.6) is 0 Å². The molecule has 1 aromatic rings. The van der Waals surface area contributed by atoms with E-state index in [2.05, 4.69) is 31.2 Å². The van der Waals surface area contributed by atoms with Crippen molar-refractivity contribution in [1.82, 2.24) is 0 Å². The number of hydrogen-bond donors (Lipinski definition) is 0. The van der Waals surface area contributed by atoms with Crippen LogP contribution in [0.15, 0.2) is 30.3 Å². The summed E-state index contributed by atoms with van der Waals surface area (Å²) in [6, 6.07) is 10.4. The van der Waals surface area contributed by atoms with Gasteiger partial charge in [-0.3, -0.25) is 0 Å². The first-order valence-electron chi connectivity index (χ1n) is 8.60. The fraction of sp³-hybridized carbons (Fsp3) is 0.684. The van der Waals surface area contributed by atoms with E-state index in [0.29, 0.717) is 6.61 Å². The minimum Gasteiger partial charge on any atom is -0.374 e. The van der Waals surface area contributed by atoms with Gasteiger partial charge in [0.25, 0.3) is 0 Å². The van der Waals surface area contributed by atoms with Crippen LogP contribution in [0.3, 0.4) is 0 Å². The summed E-state index contributed by atoms with van der Waals surface area (Å²) in [5.74, 6) is 0. The second kappa shape index (κ2) is 9.22. The Labute approximate surface area is 129 Å². The van der Waals surface area contributed by atoms with Gasteiger partial charge in [0.2, 0.25) is 0 Å². The Balaban J connectivity index is 1.50. The van der Waals surface area contributed by atoms with Crippen molar-refractivity contribution in [2.24, 2.45) is 0 Å². The van der Waals surface area contributed by atoms with Crippen LogP contribution in [0.1, 0.15) is 63.9 Å². The monoisotopic (exact) mass is 290 g/mol. The minimum atomic E-state index is 0.0538. The average Bonchev–Trinajstić information content (AvgIpc) is 3.28. The molecule has 0 spiro atoms. The van der Waals surface area contributed by atoms with E-state index in [1.54, 1.807) is 0 Å². The third kappa shape index (κ3) is 6.62. The molecule has 2 rings (SSSR count). The Hall–Kier alpha value is -0.860. The molecule has 0 saturated carbocycles. The van der Waals surface area contributed by atoms with E-state index in [0.717, 1.165) is 19.6 Å². The molecule has 2 heteroatoms. The first kappa shape index (κ1) is 16.5. The second-order valence-electron chi connectivity index (χ2n) is 6.32. The van der Waals surface area contributed by atoms with Gasteiger partial charge < -0.3 is 9.47 Å². The predicted octanol–water partition coefficient (Wildman–Crippen LogP) is 5.11. The van der Waals surface area contributed by atoms with Gasteiger partial charge in [0.15, 0.2) is 0 Å². The van der Waals surface area contributed by atoms with Crippen LogP contribution in [0.25, 0.3) is 0 Å². The van der Waals surface area contributed by atoms with E-state index in [1.165, 1.54) is 50.5 Å². The number of benzene rings is 1. The lowest BCUT2D eigenvalue weighted by molar-refractivity contribution is 0.0631. The standard InChI is InChI=1S/C19H30O2/c1-2-3-4-5-6-7-11-14-19(17-21-19)16-20-15-18-12-9-8-10-13-18/h8-10,12-13H,2-7,11,14-17H2,1H3/t19-/m0/s1. The number of epoxide rings is 1. The van der Waals surface area contributed by atoms with Gasteiger partial charge in [-0.1, -0.05) is 82.2 Å². The zero-order chi connectivity index (χ0) is 14.8. The maximum Gasteiger partial charge on any atom is 0.115 e. The molecule has 1 aromatic carbocycles. The minimum absolute atomic E-state index is 0.0538. The van der Waals surface area contributed by atoms with Crippen molar-refractivity contribution in [2.45, 2.75) is 70.5 Å². The molecular weight excluding hydrogens is 260 g/mol. The SMILES string of the molecule is CCCCCCCCC[C@]1(COCc2ccccc2)CO1. The van der Waals surface area contributed by atoms with E-state index < -0.39 is 0 Å². The third-order valence-corrected chi connectivity index (χ3v) is 4.27. The summed E-state index contributed by atoms with van der Waals surface area (Å²) in [5, 5.41) is 0. The molecule has 0 aliphatic carbocycles. The molecule has 2 nitrogen and oxygen atoms in total. The summed E-state index contributed by atoms with van der Waals surface area (Å²) in [7, 11) is 0. The first-order chi connectivity index (χ1) is 10.3. The van der Waals surface area contributed by atoms with Crippen LogP contribution in [0, 0.1) is 0 Å². The molecule has 1 aliphatic heterocycles. The quantitative estimate of drug-likeness (QED) is 0.394. The molecule has 0 aromatic heterocycles. The van der Waals surface area contributed by atoms with E-state index in [-0.39, 0.29) is 5.60 Å². The summed E-state index contributed by atoms with van der Waals surface area (Å²) in [6.45, 7) is 4.60. The van der Waals surface area contributed by atoms with Gasteiger partial charge in [-0.05, 0) is 12.0 Å². The van der Waals surface area contributed by atoms with Crippen LogP contribution >= 0.6 is 0 Å². The molecule has 1 saturated heterocycles. The van der Waals surface area contributed by atoms with Crippen LogP contribution in [0.2, 0.25) is 0 Å². The van der Waals surface area contributed by atoms with Gasteiger partial charge >= 0.3 is 0 Å². The van der Waals surface area contributed by atoms with Crippen LogP contribution < -0.4 is 0 Å². The van der Waals surface area contributed by atoms with E-state index in [4.69, 9.17) is 9.47 Å². The Morgan fingerprint density at radius 2 is 1.67 bits per heavy atom. The highest BCUT2D eigenvalue weighted by Gasteiger charge is 2.44. The molecule has 118 valence electrons. The van der Waals surface area contributed by atoms with Crippen molar-refractivity contribution in [3.63, 3.8) is 0 Å². The van der Waals surface area contributed by atoms with Crippen molar-refractivity contribution < 1.29 is 9.47 Å². The predicted molar refractivity (Wildman–Crippen MR) is 87.4 cm³/mol. The highest BCUT2D eigenvalue weighted by atomic mass is 16.6. The van der Waals surface area contributed by atoms with E-state index in [1.807, 2.05) is 6.07 Å². The second-order valence-corrected chi connectivity index (χ2v) is 6.32. The topological polar surface area (TPSA) is 21.8 Å². The van der Waals surface area contributed by atoms with Gasteiger partial charge in [-0.2, -0.15) is 0 Å². The Morgan fingerprint density at radius 1 is 1.00 bits per heavy atom. The molecule has 0 unspecified atom stereocenters. The number of hydrogen-bond acceptors (Lipinski definition) is 2. The molecule has 0 radical (unpaired) electrons. The maximum atomic E-state index is 5.83. The summed E-state index contributed by atoms with van der Waals surface area (Å²) < 4.78 is 11.5. The van der Waals surface area contributed by atoms with E-state index >= 15 is 0 Å². The van der Waals surface area contributed by atoms with Crippen molar-refractivity contribution >= 4 is 0 Å². The molecule has 21 heavy (non-hydrogen) atoms. The van der Waals surface area contributed by atoms with Crippen LogP contribution in [-0.2, 0) is 16.1 Å². The number of ether oxygens (including phenoxy) is 2. The van der Waals surface area contributed by atoms with Gasteiger partial charge in [-0.25, -0.2) is 0 Å². The fourth-order valence-electron chi connectivity index (χ4n) is 2.74. The van der Waals surface area contributed by atoms with Crippen molar-refractivity contribution in [1.29, 1.82) is 0 Å². The van der Waals surface area contributed by atoms with Gasteiger partial charge in [0, 0.05) is 0 Å². The lowest BCUT2D eigenvalue weighted by Gasteiger charge is -2.12. The van der Waals surface area contributed by atoms with Crippen LogP contribution in [-0.4, -0.2) is 18.8 Å². The van der Waals surface area contributed by atoms with Crippen molar-refractivity contribution in [3.8, 4) is 0 Å². The van der Waals surface area contributed by atoms with Crippen molar-refractivity contribution in [2.75, 3.05) is 13.2 Å². The maximum absolute atomic E-state index is 5.83. The summed E-state index contributed by atoms with van der Waals surface area (Å²) >= 11 is 0. The average molecular weight is 290 g/mol. The van der Waals surface area contributed by atoms with Gasteiger partial charge in [-0.15, -0.1) is 0 Å². The summed E-state index contributed by atoms with van der Waals surface area (Å²) in [4.78, 5) is 0. The molecule has 0 amide bonds. The third-order valence-electron chi connectivity index (χ3n) is 4.27. The highest BCUT2D eigenvalue weighted by molar-refractivity contribution is 5.13. The van der Waals surface area contributed by atoms with Gasteiger partial charge in [0.05, 0.1) is 19.8 Å². The Morgan fingerprint density at radius 3 is 2.33 bits per heavy atom. The first-order valence-corrected chi connectivity index (χ1v) is 8.60. The summed E-state index contributed by atoms with van der Waals surface area (Å²) in [6.07, 6.45) is 10.7. The summed E-state index contributed by atoms with van der Waals surface area (Å²) in [5.41, 5.74) is 1.29. The lowest BCUT2D eigenvalue weighted by atomic mass is 10.0. The van der Waals surface area contributed by atoms with Gasteiger partial charge in [0.1, 0.15) is 5.60 Å². The zero-order valence-corrected chi connectivity index (χ0v) is 13.5. The molecule has 1 atom stereocenters. The molecule has 0 N–H and O–H groups in total. The molecule has 1 aliphatic rings. The smallest absolute Gasteiger partial charge is 0.115 e.